The minimum absolute atomic E-state index is 0.114. The Morgan fingerprint density at radius 1 is 1.04 bits per heavy atom. The fourth-order valence-electron chi connectivity index (χ4n) is 5.11. The van der Waals surface area contributed by atoms with Crippen LogP contribution >= 0.6 is 0 Å². The Morgan fingerprint density at radius 2 is 1.85 bits per heavy atom. The molecule has 2 saturated heterocycles. The molecule has 3 heteroatoms. The molecule has 0 radical (unpaired) electrons. The summed E-state index contributed by atoms with van der Waals surface area (Å²) in [6, 6.07) is 19.4. The zero-order valence-electron chi connectivity index (χ0n) is 16.6. The fourth-order valence-corrected chi connectivity index (χ4v) is 5.11. The summed E-state index contributed by atoms with van der Waals surface area (Å²) in [6.07, 6.45) is 2.40. The summed E-state index contributed by atoms with van der Waals surface area (Å²) < 4.78 is 0. The summed E-state index contributed by atoms with van der Waals surface area (Å²) in [4.78, 5) is 5.36. The first-order valence-electron chi connectivity index (χ1n) is 10.3. The number of hydrogen-bond donors (Lipinski definition) is 1. The van der Waals surface area contributed by atoms with Crippen molar-refractivity contribution >= 4 is 0 Å². The van der Waals surface area contributed by atoms with Crippen molar-refractivity contribution in [2.75, 3.05) is 26.2 Å². The average Bonchev–Trinajstić information content (AvgIpc) is 2.84. The fraction of sp³-hybridized carbons (Fsp3) is 0.500. The molecule has 2 heterocycles. The van der Waals surface area contributed by atoms with Crippen molar-refractivity contribution in [2.24, 2.45) is 5.92 Å². The van der Waals surface area contributed by atoms with E-state index in [0.29, 0.717) is 17.7 Å². The predicted molar refractivity (Wildman–Crippen MR) is 111 cm³/mol. The molecule has 2 aliphatic heterocycles. The summed E-state index contributed by atoms with van der Waals surface area (Å²) in [5, 5.41) is 10.0. The van der Waals surface area contributed by atoms with Gasteiger partial charge in [-0.3, -0.25) is 9.80 Å². The van der Waals surface area contributed by atoms with Gasteiger partial charge in [0.25, 0.3) is 0 Å². The maximum Gasteiger partial charge on any atom is 0.115 e. The van der Waals surface area contributed by atoms with Gasteiger partial charge in [0.15, 0.2) is 0 Å². The monoisotopic (exact) mass is 364 g/mol. The molecule has 144 valence electrons. The molecule has 0 amide bonds. The Bertz CT molecular complexity index is 762. The quantitative estimate of drug-likeness (QED) is 0.881. The molecule has 0 spiro atoms. The van der Waals surface area contributed by atoms with Gasteiger partial charge < -0.3 is 5.11 Å². The van der Waals surface area contributed by atoms with Crippen LogP contribution in [-0.4, -0.2) is 47.1 Å². The van der Waals surface area contributed by atoms with E-state index in [4.69, 9.17) is 0 Å². The lowest BCUT2D eigenvalue weighted by atomic mass is 9.66. The minimum Gasteiger partial charge on any atom is -0.508 e. The molecule has 3 atom stereocenters. The van der Waals surface area contributed by atoms with Gasteiger partial charge in [-0.25, -0.2) is 0 Å². The molecule has 0 saturated carbocycles. The molecule has 2 aromatic rings. The number of rotatable bonds is 3. The van der Waals surface area contributed by atoms with Crippen LogP contribution in [0.5, 0.6) is 5.75 Å². The summed E-state index contributed by atoms with van der Waals surface area (Å²) in [5.74, 6) is 0.964. The molecule has 2 fully saturated rings. The Morgan fingerprint density at radius 3 is 2.63 bits per heavy atom. The van der Waals surface area contributed by atoms with Crippen LogP contribution in [0.15, 0.2) is 54.6 Å². The lowest BCUT2D eigenvalue weighted by Gasteiger charge is -2.49. The third-order valence-electron chi connectivity index (χ3n) is 6.92. The molecular weight excluding hydrogens is 332 g/mol. The first-order valence-corrected chi connectivity index (χ1v) is 10.3. The number of aromatic hydroxyl groups is 1. The second-order valence-corrected chi connectivity index (χ2v) is 8.80. The van der Waals surface area contributed by atoms with E-state index in [1.807, 2.05) is 12.1 Å². The second-order valence-electron chi connectivity index (χ2n) is 8.80. The van der Waals surface area contributed by atoms with Gasteiger partial charge in [0.05, 0.1) is 0 Å². The Hall–Kier alpha value is -1.84. The number of phenols is 1. The lowest BCUT2D eigenvalue weighted by molar-refractivity contribution is 0.0503. The highest BCUT2D eigenvalue weighted by Crippen LogP contribution is 2.43. The van der Waals surface area contributed by atoms with Gasteiger partial charge in [-0.1, -0.05) is 56.3 Å². The molecule has 1 N–H and O–H groups in total. The molecule has 2 aliphatic rings. The molecular formula is C24H32N2O. The third kappa shape index (κ3) is 3.90. The Labute approximate surface area is 163 Å². The van der Waals surface area contributed by atoms with Crippen molar-refractivity contribution < 1.29 is 5.11 Å². The Kier molecular flexibility index (Phi) is 5.25. The zero-order valence-corrected chi connectivity index (χ0v) is 16.6. The summed E-state index contributed by atoms with van der Waals surface area (Å²) in [6.45, 7) is 10.5. The molecule has 27 heavy (non-hydrogen) atoms. The summed E-state index contributed by atoms with van der Waals surface area (Å²) >= 11 is 0. The van der Waals surface area contributed by atoms with Gasteiger partial charge >= 0.3 is 0 Å². The largest absolute Gasteiger partial charge is 0.508 e. The maximum absolute atomic E-state index is 10.0. The molecule has 0 bridgehead atoms. The smallest absolute Gasteiger partial charge is 0.115 e. The van der Waals surface area contributed by atoms with Gasteiger partial charge in [-0.05, 0) is 60.5 Å². The number of phenolic OH excluding ortho intramolecular Hbond substituents is 1. The van der Waals surface area contributed by atoms with Crippen molar-refractivity contribution in [3.8, 4) is 5.75 Å². The van der Waals surface area contributed by atoms with Crippen LogP contribution in [0.3, 0.4) is 0 Å². The first kappa shape index (κ1) is 18.5. The van der Waals surface area contributed by atoms with E-state index in [0.717, 1.165) is 26.1 Å². The highest BCUT2D eigenvalue weighted by atomic mass is 16.3. The minimum atomic E-state index is 0.114. The molecule has 3 nitrogen and oxygen atoms in total. The van der Waals surface area contributed by atoms with Crippen molar-refractivity contribution in [1.29, 1.82) is 0 Å². The van der Waals surface area contributed by atoms with Gasteiger partial charge in [0.1, 0.15) is 5.75 Å². The van der Waals surface area contributed by atoms with Crippen LogP contribution in [0.25, 0.3) is 0 Å². The molecule has 2 aromatic carbocycles. The van der Waals surface area contributed by atoms with Gasteiger partial charge in [0.2, 0.25) is 0 Å². The number of benzene rings is 2. The number of hydrogen-bond acceptors (Lipinski definition) is 3. The lowest BCUT2D eigenvalue weighted by Crippen LogP contribution is -2.54. The summed E-state index contributed by atoms with van der Waals surface area (Å²) in [7, 11) is 0. The van der Waals surface area contributed by atoms with E-state index in [1.54, 1.807) is 6.07 Å². The van der Waals surface area contributed by atoms with Crippen LogP contribution in [-0.2, 0) is 12.0 Å². The second kappa shape index (κ2) is 7.65. The van der Waals surface area contributed by atoms with E-state index in [9.17, 15) is 5.11 Å². The SMILES string of the molecule is C[C@H]1CN2CCCN(Cc3ccccc3)CC2C[C@@]1(C)c1cccc(O)c1. The van der Waals surface area contributed by atoms with Crippen LogP contribution in [0.2, 0.25) is 0 Å². The van der Waals surface area contributed by atoms with Crippen molar-refractivity contribution in [3.05, 3.63) is 65.7 Å². The molecule has 0 aromatic heterocycles. The average molecular weight is 365 g/mol. The Balaban J connectivity index is 1.54. The van der Waals surface area contributed by atoms with Gasteiger partial charge in [0, 0.05) is 25.7 Å². The van der Waals surface area contributed by atoms with E-state index >= 15 is 0 Å². The van der Waals surface area contributed by atoms with Gasteiger partial charge in [-0.15, -0.1) is 0 Å². The molecule has 0 aliphatic carbocycles. The summed E-state index contributed by atoms with van der Waals surface area (Å²) in [5.41, 5.74) is 2.81. The standard InChI is InChI=1S/C24H32N2O/c1-19-16-26-13-7-12-25(17-20-8-4-3-5-9-20)18-22(26)15-24(19,2)21-10-6-11-23(27)14-21/h3-6,8-11,14,19,22,27H,7,12-13,15-18H2,1-2H3/t19-,22?,24+/m0/s1. The van der Waals surface area contributed by atoms with Crippen LogP contribution in [0.4, 0.5) is 0 Å². The maximum atomic E-state index is 10.0. The highest BCUT2D eigenvalue weighted by Gasteiger charge is 2.43. The highest BCUT2D eigenvalue weighted by molar-refractivity contribution is 5.34. The van der Waals surface area contributed by atoms with Crippen molar-refractivity contribution in [1.82, 2.24) is 9.80 Å². The van der Waals surface area contributed by atoms with Gasteiger partial charge in [-0.2, -0.15) is 0 Å². The van der Waals surface area contributed by atoms with Crippen LogP contribution in [0, 0.1) is 5.92 Å². The first-order chi connectivity index (χ1) is 13.0. The van der Waals surface area contributed by atoms with E-state index < -0.39 is 0 Å². The van der Waals surface area contributed by atoms with Crippen molar-refractivity contribution in [2.45, 2.75) is 44.7 Å². The normalized spacial score (nSPS) is 29.9. The van der Waals surface area contributed by atoms with Crippen LogP contribution in [0.1, 0.15) is 37.8 Å². The predicted octanol–water partition coefficient (Wildman–Crippen LogP) is 4.27. The topological polar surface area (TPSA) is 26.7 Å². The van der Waals surface area contributed by atoms with E-state index in [2.05, 4.69) is 60.0 Å². The van der Waals surface area contributed by atoms with E-state index in [1.165, 1.54) is 30.6 Å². The van der Waals surface area contributed by atoms with Crippen LogP contribution < -0.4 is 0 Å². The van der Waals surface area contributed by atoms with Crippen molar-refractivity contribution in [3.63, 3.8) is 0 Å². The molecule has 1 unspecified atom stereocenters. The number of nitrogens with zero attached hydrogens (tertiary/aromatic N) is 2. The number of fused-ring (bicyclic) bond motifs is 1. The van der Waals surface area contributed by atoms with E-state index in [-0.39, 0.29) is 5.41 Å². The number of piperidine rings is 1. The third-order valence-corrected chi connectivity index (χ3v) is 6.92. The molecule has 4 rings (SSSR count). The zero-order chi connectivity index (χ0) is 18.9.